The van der Waals surface area contributed by atoms with Crippen LogP contribution in [-0.4, -0.2) is 17.6 Å². The number of hydrogen-bond donors (Lipinski definition) is 2. The lowest BCUT2D eigenvalue weighted by atomic mass is 9.95. The first-order valence-corrected chi connectivity index (χ1v) is 7.28. The highest BCUT2D eigenvalue weighted by atomic mass is 35.5. The molecule has 0 spiro atoms. The molecule has 1 saturated carbocycles. The van der Waals surface area contributed by atoms with Gasteiger partial charge < -0.3 is 10.4 Å². The van der Waals surface area contributed by atoms with Crippen molar-refractivity contribution >= 4 is 17.6 Å². The molecule has 3 atom stereocenters. The monoisotopic (exact) mass is 299 g/mol. The molecule has 2 rings (SSSR count). The Morgan fingerprint density at radius 2 is 2.30 bits per heavy atom. The zero-order chi connectivity index (χ0) is 14.7. The highest BCUT2D eigenvalue weighted by Gasteiger charge is 2.32. The van der Waals surface area contributed by atoms with Crippen LogP contribution in [0.4, 0.5) is 4.39 Å². The summed E-state index contributed by atoms with van der Waals surface area (Å²) in [5.74, 6) is -1.20. The van der Waals surface area contributed by atoms with Gasteiger partial charge in [0.1, 0.15) is 5.82 Å². The molecule has 1 fully saturated rings. The Balaban J connectivity index is 1.93. The number of carbonyl (C=O) groups is 1. The number of aliphatic carboxylic acids is 1. The van der Waals surface area contributed by atoms with Gasteiger partial charge in [-0.05, 0) is 49.9 Å². The second-order valence-corrected chi connectivity index (χ2v) is 5.85. The van der Waals surface area contributed by atoms with Crippen molar-refractivity contribution in [3.63, 3.8) is 0 Å². The van der Waals surface area contributed by atoms with Crippen molar-refractivity contribution in [3.05, 3.63) is 34.6 Å². The van der Waals surface area contributed by atoms with Gasteiger partial charge in [-0.2, -0.15) is 0 Å². The van der Waals surface area contributed by atoms with Crippen molar-refractivity contribution in [2.75, 3.05) is 6.54 Å². The molecule has 0 amide bonds. The predicted molar refractivity (Wildman–Crippen MR) is 76.3 cm³/mol. The number of halogens is 2. The van der Waals surface area contributed by atoms with Crippen LogP contribution in [0.5, 0.6) is 0 Å². The van der Waals surface area contributed by atoms with Gasteiger partial charge in [-0.25, -0.2) is 4.39 Å². The van der Waals surface area contributed by atoms with E-state index in [9.17, 15) is 9.18 Å². The van der Waals surface area contributed by atoms with Crippen molar-refractivity contribution in [2.45, 2.75) is 32.2 Å². The van der Waals surface area contributed by atoms with E-state index in [1.165, 1.54) is 6.07 Å². The molecular formula is C15H19ClFNO2. The van der Waals surface area contributed by atoms with E-state index in [0.29, 0.717) is 6.54 Å². The first-order valence-electron chi connectivity index (χ1n) is 6.90. The first kappa shape index (κ1) is 15.3. The van der Waals surface area contributed by atoms with Crippen LogP contribution in [0, 0.1) is 17.7 Å². The van der Waals surface area contributed by atoms with E-state index >= 15 is 0 Å². The van der Waals surface area contributed by atoms with E-state index in [1.54, 1.807) is 12.1 Å². The zero-order valence-corrected chi connectivity index (χ0v) is 12.2. The van der Waals surface area contributed by atoms with Gasteiger partial charge in [-0.15, -0.1) is 0 Å². The van der Waals surface area contributed by atoms with Gasteiger partial charge >= 0.3 is 5.97 Å². The van der Waals surface area contributed by atoms with Crippen LogP contribution in [0.25, 0.3) is 0 Å². The summed E-state index contributed by atoms with van der Waals surface area (Å²) in [6.45, 7) is 2.63. The fourth-order valence-electron chi connectivity index (χ4n) is 2.83. The quantitative estimate of drug-likeness (QED) is 0.873. The maximum Gasteiger partial charge on any atom is 0.306 e. The average Bonchev–Trinajstić information content (AvgIpc) is 2.87. The smallest absolute Gasteiger partial charge is 0.306 e. The molecule has 3 nitrogen and oxygen atoms in total. The number of carboxylic acids is 1. The molecule has 110 valence electrons. The Morgan fingerprint density at radius 1 is 1.55 bits per heavy atom. The van der Waals surface area contributed by atoms with E-state index in [4.69, 9.17) is 16.7 Å². The van der Waals surface area contributed by atoms with Crippen LogP contribution >= 0.6 is 11.6 Å². The third kappa shape index (κ3) is 3.49. The lowest BCUT2D eigenvalue weighted by molar-refractivity contribution is -0.142. The number of nitrogens with one attached hydrogen (secondary N) is 1. The minimum absolute atomic E-state index is 0.0168. The number of rotatable bonds is 5. The lowest BCUT2D eigenvalue weighted by Gasteiger charge is -2.20. The van der Waals surface area contributed by atoms with Gasteiger partial charge in [0.15, 0.2) is 0 Å². The van der Waals surface area contributed by atoms with Crippen LogP contribution in [0.1, 0.15) is 37.8 Å². The van der Waals surface area contributed by atoms with Crippen LogP contribution in [0.15, 0.2) is 18.2 Å². The van der Waals surface area contributed by atoms with Crippen molar-refractivity contribution in [3.8, 4) is 0 Å². The third-order valence-electron chi connectivity index (χ3n) is 4.11. The Bertz CT molecular complexity index is 495. The predicted octanol–water partition coefficient (Wildman–Crippen LogP) is 3.63. The SMILES string of the molecule is CC(NCC1CCCC1C(=O)O)c1ccc(F)c(Cl)c1. The third-order valence-corrected chi connectivity index (χ3v) is 4.40. The number of carboxylic acid groups (broad SMARTS) is 1. The maximum atomic E-state index is 13.1. The molecule has 2 N–H and O–H groups in total. The molecular weight excluding hydrogens is 281 g/mol. The molecule has 20 heavy (non-hydrogen) atoms. The molecule has 1 aromatic carbocycles. The Morgan fingerprint density at radius 3 is 2.95 bits per heavy atom. The van der Waals surface area contributed by atoms with Gasteiger partial charge in [-0.1, -0.05) is 24.1 Å². The fraction of sp³-hybridized carbons (Fsp3) is 0.533. The summed E-state index contributed by atoms with van der Waals surface area (Å²) in [4.78, 5) is 11.1. The second kappa shape index (κ2) is 6.55. The largest absolute Gasteiger partial charge is 0.481 e. The van der Waals surface area contributed by atoms with Gasteiger partial charge in [0, 0.05) is 6.04 Å². The average molecular weight is 300 g/mol. The summed E-state index contributed by atoms with van der Waals surface area (Å²) in [5, 5.41) is 12.6. The van der Waals surface area contributed by atoms with E-state index in [-0.39, 0.29) is 22.9 Å². The molecule has 0 radical (unpaired) electrons. The molecule has 3 unspecified atom stereocenters. The summed E-state index contributed by atoms with van der Waals surface area (Å²) >= 11 is 5.77. The summed E-state index contributed by atoms with van der Waals surface area (Å²) in [6, 6.07) is 4.68. The first-order chi connectivity index (χ1) is 9.49. The Kier molecular flexibility index (Phi) is 5.00. The number of benzene rings is 1. The van der Waals surface area contributed by atoms with Crippen LogP contribution in [0.3, 0.4) is 0 Å². The second-order valence-electron chi connectivity index (χ2n) is 5.44. The minimum Gasteiger partial charge on any atom is -0.481 e. The molecule has 1 aromatic rings. The Labute approximate surface area is 123 Å². The van der Waals surface area contributed by atoms with Crippen molar-refractivity contribution in [1.82, 2.24) is 5.32 Å². The fourth-order valence-corrected chi connectivity index (χ4v) is 3.02. The summed E-state index contributed by atoms with van der Waals surface area (Å²) in [5.41, 5.74) is 0.904. The van der Waals surface area contributed by atoms with Crippen molar-refractivity contribution < 1.29 is 14.3 Å². The summed E-state index contributed by atoms with van der Waals surface area (Å²) in [6.07, 6.45) is 2.68. The molecule has 0 aliphatic heterocycles. The molecule has 1 aliphatic carbocycles. The summed E-state index contributed by atoms with van der Waals surface area (Å²) in [7, 11) is 0. The highest BCUT2D eigenvalue weighted by molar-refractivity contribution is 6.30. The summed E-state index contributed by atoms with van der Waals surface area (Å²) < 4.78 is 13.1. The van der Waals surface area contributed by atoms with Gasteiger partial charge in [0.05, 0.1) is 10.9 Å². The molecule has 0 saturated heterocycles. The number of hydrogen-bond acceptors (Lipinski definition) is 2. The standard InChI is InChI=1S/C15H19ClFNO2/c1-9(10-5-6-14(17)13(16)7-10)18-8-11-3-2-4-12(11)15(19)20/h5-7,9,11-12,18H,2-4,8H2,1H3,(H,19,20). The van der Waals surface area contributed by atoms with Crippen molar-refractivity contribution in [2.24, 2.45) is 11.8 Å². The Hall–Kier alpha value is -1.13. The topological polar surface area (TPSA) is 49.3 Å². The van der Waals surface area contributed by atoms with E-state index in [1.807, 2.05) is 6.92 Å². The van der Waals surface area contributed by atoms with Crippen molar-refractivity contribution in [1.29, 1.82) is 0 Å². The molecule has 0 heterocycles. The van der Waals surface area contributed by atoms with Crippen LogP contribution < -0.4 is 5.32 Å². The zero-order valence-electron chi connectivity index (χ0n) is 11.4. The molecule has 0 aromatic heterocycles. The van der Waals surface area contributed by atoms with Gasteiger partial charge in [-0.3, -0.25) is 4.79 Å². The van der Waals surface area contributed by atoms with Gasteiger partial charge in [0.2, 0.25) is 0 Å². The van der Waals surface area contributed by atoms with Crippen LogP contribution in [-0.2, 0) is 4.79 Å². The molecule has 5 heteroatoms. The van der Waals surface area contributed by atoms with Crippen LogP contribution in [0.2, 0.25) is 5.02 Å². The minimum atomic E-state index is -0.702. The molecule has 0 bridgehead atoms. The highest BCUT2D eigenvalue weighted by Crippen LogP contribution is 2.32. The van der Waals surface area contributed by atoms with E-state index < -0.39 is 11.8 Å². The lowest BCUT2D eigenvalue weighted by Crippen LogP contribution is -2.30. The van der Waals surface area contributed by atoms with E-state index in [0.717, 1.165) is 24.8 Å². The van der Waals surface area contributed by atoms with E-state index in [2.05, 4.69) is 5.32 Å². The van der Waals surface area contributed by atoms with Gasteiger partial charge in [0.25, 0.3) is 0 Å². The normalized spacial score (nSPS) is 23.8. The maximum absolute atomic E-state index is 13.1. The molecule has 1 aliphatic rings.